The van der Waals surface area contributed by atoms with Gasteiger partial charge in [0.05, 0.1) is 7.11 Å². The van der Waals surface area contributed by atoms with Gasteiger partial charge in [-0.25, -0.2) is 0 Å². The van der Waals surface area contributed by atoms with Gasteiger partial charge in [0.15, 0.2) is 5.69 Å². The number of nitrogens with one attached hydrogen (secondary N) is 1. The highest BCUT2D eigenvalue weighted by Gasteiger charge is 2.38. The van der Waals surface area contributed by atoms with Crippen molar-refractivity contribution in [3.8, 4) is 17.1 Å². The van der Waals surface area contributed by atoms with Crippen molar-refractivity contribution < 1.29 is 9.41 Å². The summed E-state index contributed by atoms with van der Waals surface area (Å²) in [6.07, 6.45) is 4.93. The maximum absolute atomic E-state index is 6.15. The molecule has 0 amide bonds. The predicted molar refractivity (Wildman–Crippen MR) is 80.7 cm³/mol. The molecule has 0 bridgehead atoms. The van der Waals surface area contributed by atoms with Gasteiger partial charge in [-0.1, -0.05) is 0 Å². The molecule has 0 unspecified atom stereocenters. The summed E-state index contributed by atoms with van der Waals surface area (Å²) in [4.78, 5) is 4.35. The Hall–Kier alpha value is -2.15. The number of aromatic nitrogens is 4. The maximum Gasteiger partial charge on any atom is 0.341 e. The second-order valence-electron chi connectivity index (χ2n) is 6.02. The largest absolute Gasteiger partial charge is 0.462 e. The first-order valence-corrected chi connectivity index (χ1v) is 7.70. The summed E-state index contributed by atoms with van der Waals surface area (Å²) in [5, 5.41) is 8.20. The lowest BCUT2D eigenvalue weighted by Gasteiger charge is -2.15. The Bertz CT molecular complexity index is 734. The number of nitrogens with zero attached hydrogens (tertiary/aromatic N) is 4. The third-order valence-electron chi connectivity index (χ3n) is 4.56. The van der Waals surface area contributed by atoms with Gasteiger partial charge in [-0.3, -0.25) is 10.5 Å². The summed E-state index contributed by atoms with van der Waals surface area (Å²) in [6.45, 7) is 1.81. The average molecular weight is 301 g/mol. The molecule has 1 aliphatic heterocycles. The van der Waals surface area contributed by atoms with Gasteiger partial charge in [-0.15, -0.1) is 4.68 Å². The molecule has 3 heterocycles. The van der Waals surface area contributed by atoms with Gasteiger partial charge in [0.1, 0.15) is 11.3 Å². The zero-order valence-corrected chi connectivity index (χ0v) is 13.0. The van der Waals surface area contributed by atoms with Crippen LogP contribution in [0.3, 0.4) is 0 Å². The molecule has 2 aliphatic rings. The van der Waals surface area contributed by atoms with Crippen LogP contribution in [0.5, 0.6) is 5.88 Å². The molecule has 1 aliphatic carbocycles. The van der Waals surface area contributed by atoms with Gasteiger partial charge in [-0.05, 0) is 17.8 Å². The highest BCUT2D eigenvalue weighted by Crippen LogP contribution is 2.45. The number of fused-ring (bicyclic) bond motifs is 1. The predicted octanol–water partition coefficient (Wildman–Crippen LogP) is 0.0151. The quantitative estimate of drug-likeness (QED) is 0.617. The Kier molecular flexibility index (Phi) is 3.04. The van der Waals surface area contributed by atoms with Crippen molar-refractivity contribution >= 4 is 0 Å². The van der Waals surface area contributed by atoms with E-state index in [4.69, 9.17) is 15.7 Å². The summed E-state index contributed by atoms with van der Waals surface area (Å²) in [6, 6.07) is 0. The average Bonchev–Trinajstić information content (AvgIpc) is 3.32. The lowest BCUT2D eigenvalue weighted by atomic mass is 10.00. The van der Waals surface area contributed by atoms with Crippen LogP contribution in [-0.4, -0.2) is 28.4 Å². The second kappa shape index (κ2) is 4.95. The Labute approximate surface area is 129 Å². The highest BCUT2D eigenvalue weighted by molar-refractivity contribution is 5.71. The normalized spacial score (nSPS) is 17.4. The number of hydrogen-bond donors (Lipinski definition) is 2. The minimum Gasteiger partial charge on any atom is -0.462 e. The third-order valence-corrected chi connectivity index (χ3v) is 4.56. The molecule has 22 heavy (non-hydrogen) atoms. The van der Waals surface area contributed by atoms with Crippen LogP contribution in [0.2, 0.25) is 0 Å². The van der Waals surface area contributed by atoms with E-state index in [0.717, 1.165) is 49.3 Å². The number of aryl methyl sites for hydroxylation is 1. The Morgan fingerprint density at radius 1 is 1.45 bits per heavy atom. The SMILES string of the molecule is COc1nc[n+](N)c(C2CC2)c1-c1nn(C)c2c1CNCC2. The molecule has 2 aromatic heterocycles. The van der Waals surface area contributed by atoms with E-state index in [9.17, 15) is 0 Å². The van der Waals surface area contributed by atoms with Crippen molar-refractivity contribution in [3.05, 3.63) is 23.3 Å². The van der Waals surface area contributed by atoms with Gasteiger partial charge in [0, 0.05) is 43.7 Å². The summed E-state index contributed by atoms with van der Waals surface area (Å²) < 4.78 is 9.14. The van der Waals surface area contributed by atoms with Crippen LogP contribution in [0.4, 0.5) is 0 Å². The molecular weight excluding hydrogens is 280 g/mol. The zero-order valence-electron chi connectivity index (χ0n) is 13.0. The number of ether oxygens (including phenoxy) is 1. The molecule has 1 saturated carbocycles. The lowest BCUT2D eigenvalue weighted by Crippen LogP contribution is -2.48. The molecule has 1 fully saturated rings. The molecule has 116 valence electrons. The molecule has 2 aromatic rings. The van der Waals surface area contributed by atoms with Crippen molar-refractivity contribution in [2.75, 3.05) is 19.5 Å². The highest BCUT2D eigenvalue weighted by atomic mass is 16.5. The van der Waals surface area contributed by atoms with Crippen LogP contribution < -0.4 is 20.6 Å². The monoisotopic (exact) mass is 301 g/mol. The molecule has 0 spiro atoms. The minimum atomic E-state index is 0.478. The van der Waals surface area contributed by atoms with Crippen molar-refractivity contribution in [1.82, 2.24) is 20.1 Å². The molecule has 4 rings (SSSR count). The summed E-state index contributed by atoms with van der Waals surface area (Å²) >= 11 is 0. The number of methoxy groups -OCH3 is 1. The molecule has 0 radical (unpaired) electrons. The lowest BCUT2D eigenvalue weighted by molar-refractivity contribution is -0.649. The fourth-order valence-electron chi connectivity index (χ4n) is 3.35. The first-order chi connectivity index (χ1) is 10.7. The minimum absolute atomic E-state index is 0.478. The number of nitrogen functional groups attached to an aromatic ring is 1. The van der Waals surface area contributed by atoms with Crippen LogP contribution in [-0.2, 0) is 20.0 Å². The molecule has 7 nitrogen and oxygen atoms in total. The number of nitrogens with two attached hydrogens (primary N) is 1. The van der Waals surface area contributed by atoms with Crippen LogP contribution in [0.15, 0.2) is 6.33 Å². The van der Waals surface area contributed by atoms with E-state index < -0.39 is 0 Å². The van der Waals surface area contributed by atoms with Crippen molar-refractivity contribution in [3.63, 3.8) is 0 Å². The molecule has 0 aromatic carbocycles. The van der Waals surface area contributed by atoms with E-state index in [0.29, 0.717) is 11.8 Å². The molecule has 0 saturated heterocycles. The first kappa shape index (κ1) is 13.5. The Morgan fingerprint density at radius 2 is 2.27 bits per heavy atom. The van der Waals surface area contributed by atoms with Gasteiger partial charge in [-0.2, -0.15) is 5.10 Å². The van der Waals surface area contributed by atoms with E-state index in [2.05, 4.69) is 10.3 Å². The van der Waals surface area contributed by atoms with Crippen LogP contribution in [0.25, 0.3) is 11.3 Å². The van der Waals surface area contributed by atoms with E-state index in [1.165, 1.54) is 11.3 Å². The van der Waals surface area contributed by atoms with Crippen LogP contribution >= 0.6 is 0 Å². The van der Waals surface area contributed by atoms with Crippen LogP contribution in [0.1, 0.15) is 35.7 Å². The second-order valence-corrected chi connectivity index (χ2v) is 6.02. The van der Waals surface area contributed by atoms with Gasteiger partial charge >= 0.3 is 12.2 Å². The maximum atomic E-state index is 6.15. The summed E-state index contributed by atoms with van der Waals surface area (Å²) in [5.41, 5.74) is 5.51. The number of rotatable bonds is 3. The van der Waals surface area contributed by atoms with E-state index >= 15 is 0 Å². The zero-order chi connectivity index (χ0) is 15.3. The van der Waals surface area contributed by atoms with E-state index in [1.54, 1.807) is 18.1 Å². The Balaban J connectivity index is 1.98. The van der Waals surface area contributed by atoms with Gasteiger partial charge < -0.3 is 10.1 Å². The fourth-order valence-corrected chi connectivity index (χ4v) is 3.35. The van der Waals surface area contributed by atoms with Crippen molar-refractivity contribution in [1.29, 1.82) is 0 Å². The molecule has 3 N–H and O–H groups in total. The van der Waals surface area contributed by atoms with Crippen LogP contribution in [0, 0.1) is 0 Å². The summed E-state index contributed by atoms with van der Waals surface area (Å²) in [7, 11) is 3.65. The first-order valence-electron chi connectivity index (χ1n) is 7.70. The van der Waals surface area contributed by atoms with Gasteiger partial charge in [0.25, 0.3) is 0 Å². The molecule has 0 atom stereocenters. The fraction of sp³-hybridized carbons (Fsp3) is 0.533. The smallest absolute Gasteiger partial charge is 0.341 e. The standard InChI is InChI=1S/C15H21N6O/c1-20-11-5-6-17-7-10(11)13(19-20)12-14(9-3-4-9)21(16)8-18-15(12)22-2/h8-9,17H,3-7,16H2,1-2H3/q+1. The van der Waals surface area contributed by atoms with E-state index in [1.807, 2.05) is 11.7 Å². The molecular formula is C15H21N6O+. The Morgan fingerprint density at radius 3 is 3.00 bits per heavy atom. The third kappa shape index (κ3) is 1.96. The van der Waals surface area contributed by atoms with Crippen molar-refractivity contribution in [2.45, 2.75) is 31.7 Å². The van der Waals surface area contributed by atoms with E-state index in [-0.39, 0.29) is 0 Å². The topological polar surface area (TPSA) is 81.9 Å². The molecule has 7 heteroatoms. The van der Waals surface area contributed by atoms with Gasteiger partial charge in [0.2, 0.25) is 0 Å². The summed E-state index contributed by atoms with van der Waals surface area (Å²) in [5.74, 6) is 7.24. The number of hydrogen-bond acceptors (Lipinski definition) is 5. The van der Waals surface area contributed by atoms with Crippen molar-refractivity contribution in [2.24, 2.45) is 7.05 Å².